The standard InChI is InChI=1S/C11H24N2O/c1-6-12-7-11(14)13(10(4)5)8-9(2)3/h9-10,12H,6-8H2,1-5H3. The molecule has 3 nitrogen and oxygen atoms in total. The normalized spacial score (nSPS) is 11.1. The van der Waals surface area contributed by atoms with Crippen LogP contribution in [0.2, 0.25) is 0 Å². The Morgan fingerprint density at radius 2 is 1.86 bits per heavy atom. The molecule has 0 saturated carbocycles. The van der Waals surface area contributed by atoms with Gasteiger partial charge < -0.3 is 10.2 Å². The molecule has 3 heteroatoms. The average molecular weight is 200 g/mol. The lowest BCUT2D eigenvalue weighted by Gasteiger charge is -2.28. The highest BCUT2D eigenvalue weighted by molar-refractivity contribution is 5.78. The minimum absolute atomic E-state index is 0.204. The molecule has 0 aliphatic rings. The Morgan fingerprint density at radius 1 is 1.29 bits per heavy atom. The SMILES string of the molecule is CCNCC(=O)N(CC(C)C)C(C)C. The first-order valence-corrected chi connectivity index (χ1v) is 5.49. The van der Waals surface area contributed by atoms with Crippen LogP contribution in [0.3, 0.4) is 0 Å². The molecular formula is C11H24N2O. The first kappa shape index (κ1) is 13.4. The minimum Gasteiger partial charge on any atom is -0.339 e. The van der Waals surface area contributed by atoms with Gasteiger partial charge >= 0.3 is 0 Å². The van der Waals surface area contributed by atoms with Crippen molar-refractivity contribution in [2.45, 2.75) is 40.7 Å². The first-order chi connectivity index (χ1) is 6.49. The molecule has 0 aromatic carbocycles. The van der Waals surface area contributed by atoms with Crippen molar-refractivity contribution in [1.82, 2.24) is 10.2 Å². The molecule has 1 N–H and O–H groups in total. The fourth-order valence-corrected chi connectivity index (χ4v) is 1.33. The fraction of sp³-hybridized carbons (Fsp3) is 0.909. The van der Waals surface area contributed by atoms with E-state index in [-0.39, 0.29) is 5.91 Å². The van der Waals surface area contributed by atoms with E-state index in [1.54, 1.807) is 0 Å². The molecule has 1 amide bonds. The molecule has 0 saturated heterocycles. The smallest absolute Gasteiger partial charge is 0.236 e. The van der Waals surface area contributed by atoms with Gasteiger partial charge in [0.05, 0.1) is 6.54 Å². The van der Waals surface area contributed by atoms with Crippen LogP contribution < -0.4 is 5.32 Å². The number of hydrogen-bond donors (Lipinski definition) is 1. The highest BCUT2D eigenvalue weighted by atomic mass is 16.2. The lowest BCUT2D eigenvalue weighted by Crippen LogP contribution is -2.44. The number of nitrogens with one attached hydrogen (secondary N) is 1. The van der Waals surface area contributed by atoms with Gasteiger partial charge in [-0.2, -0.15) is 0 Å². The van der Waals surface area contributed by atoms with Gasteiger partial charge in [0, 0.05) is 12.6 Å². The molecule has 0 aromatic heterocycles. The number of rotatable bonds is 6. The van der Waals surface area contributed by atoms with E-state index in [1.165, 1.54) is 0 Å². The number of nitrogens with zero attached hydrogens (tertiary/aromatic N) is 1. The van der Waals surface area contributed by atoms with Gasteiger partial charge in [-0.25, -0.2) is 0 Å². The van der Waals surface area contributed by atoms with Gasteiger partial charge in [-0.3, -0.25) is 4.79 Å². The van der Waals surface area contributed by atoms with Crippen molar-refractivity contribution in [3.8, 4) is 0 Å². The Labute approximate surface area is 87.9 Å². The predicted molar refractivity (Wildman–Crippen MR) is 60.2 cm³/mol. The van der Waals surface area contributed by atoms with Crippen LogP contribution in [0.25, 0.3) is 0 Å². The largest absolute Gasteiger partial charge is 0.339 e. The summed E-state index contributed by atoms with van der Waals surface area (Å²) in [6, 6.07) is 0.295. The molecule has 0 heterocycles. The molecule has 14 heavy (non-hydrogen) atoms. The second-order valence-corrected chi connectivity index (χ2v) is 4.31. The van der Waals surface area contributed by atoms with E-state index in [9.17, 15) is 4.79 Å². The maximum atomic E-state index is 11.7. The maximum absolute atomic E-state index is 11.7. The minimum atomic E-state index is 0.204. The molecule has 0 aliphatic carbocycles. The van der Waals surface area contributed by atoms with Crippen LogP contribution in [-0.2, 0) is 4.79 Å². The van der Waals surface area contributed by atoms with E-state index in [2.05, 4.69) is 33.0 Å². The van der Waals surface area contributed by atoms with E-state index in [4.69, 9.17) is 0 Å². The number of hydrogen-bond acceptors (Lipinski definition) is 2. The van der Waals surface area contributed by atoms with Crippen molar-refractivity contribution in [2.24, 2.45) is 5.92 Å². The number of carbonyl (C=O) groups is 1. The Kier molecular flexibility index (Phi) is 6.54. The summed E-state index contributed by atoms with van der Waals surface area (Å²) < 4.78 is 0. The average Bonchev–Trinajstić information content (AvgIpc) is 2.09. The molecule has 0 aliphatic heterocycles. The third kappa shape index (κ3) is 5.22. The zero-order chi connectivity index (χ0) is 11.1. The van der Waals surface area contributed by atoms with Gasteiger partial charge in [0.25, 0.3) is 0 Å². The Balaban J connectivity index is 4.12. The van der Waals surface area contributed by atoms with Crippen molar-refractivity contribution in [3.63, 3.8) is 0 Å². The van der Waals surface area contributed by atoms with Crippen molar-refractivity contribution in [1.29, 1.82) is 0 Å². The molecule has 0 bridgehead atoms. The quantitative estimate of drug-likeness (QED) is 0.704. The molecule has 0 atom stereocenters. The summed E-state index contributed by atoms with van der Waals surface area (Å²) in [4.78, 5) is 13.7. The molecule has 84 valence electrons. The zero-order valence-corrected chi connectivity index (χ0v) is 10.1. The van der Waals surface area contributed by atoms with E-state index in [1.807, 2.05) is 11.8 Å². The fourth-order valence-electron chi connectivity index (χ4n) is 1.33. The molecule has 0 radical (unpaired) electrons. The Hall–Kier alpha value is -0.570. The summed E-state index contributed by atoms with van der Waals surface area (Å²) in [5.41, 5.74) is 0. The summed E-state index contributed by atoms with van der Waals surface area (Å²) in [6.45, 7) is 12.6. The van der Waals surface area contributed by atoms with Crippen LogP contribution in [0.5, 0.6) is 0 Å². The summed E-state index contributed by atoms with van der Waals surface area (Å²) in [6.07, 6.45) is 0. The second-order valence-electron chi connectivity index (χ2n) is 4.31. The zero-order valence-electron chi connectivity index (χ0n) is 10.1. The maximum Gasteiger partial charge on any atom is 0.236 e. The topological polar surface area (TPSA) is 32.3 Å². The van der Waals surface area contributed by atoms with Crippen molar-refractivity contribution < 1.29 is 4.79 Å². The van der Waals surface area contributed by atoms with Crippen molar-refractivity contribution in [2.75, 3.05) is 19.6 Å². The van der Waals surface area contributed by atoms with Crippen LogP contribution in [0.1, 0.15) is 34.6 Å². The molecule has 0 unspecified atom stereocenters. The van der Waals surface area contributed by atoms with Gasteiger partial charge in [0.15, 0.2) is 0 Å². The lowest BCUT2D eigenvalue weighted by atomic mass is 10.2. The van der Waals surface area contributed by atoms with Crippen LogP contribution >= 0.6 is 0 Å². The van der Waals surface area contributed by atoms with Gasteiger partial charge in [0.1, 0.15) is 0 Å². The molecule has 0 fully saturated rings. The van der Waals surface area contributed by atoms with E-state index in [0.29, 0.717) is 18.5 Å². The van der Waals surface area contributed by atoms with E-state index < -0.39 is 0 Å². The predicted octanol–water partition coefficient (Wildman–Crippen LogP) is 1.49. The second kappa shape index (κ2) is 6.82. The van der Waals surface area contributed by atoms with Crippen molar-refractivity contribution >= 4 is 5.91 Å². The first-order valence-electron chi connectivity index (χ1n) is 5.49. The summed E-state index contributed by atoms with van der Waals surface area (Å²) in [5.74, 6) is 0.735. The number of amides is 1. The van der Waals surface area contributed by atoms with E-state index in [0.717, 1.165) is 13.1 Å². The third-order valence-corrected chi connectivity index (χ3v) is 2.03. The van der Waals surface area contributed by atoms with Crippen LogP contribution in [0.15, 0.2) is 0 Å². The van der Waals surface area contributed by atoms with Gasteiger partial charge in [-0.15, -0.1) is 0 Å². The third-order valence-electron chi connectivity index (χ3n) is 2.03. The van der Waals surface area contributed by atoms with Crippen molar-refractivity contribution in [3.05, 3.63) is 0 Å². The summed E-state index contributed by atoms with van der Waals surface area (Å²) in [7, 11) is 0. The van der Waals surface area contributed by atoms with Gasteiger partial charge in [-0.1, -0.05) is 20.8 Å². The number of carbonyl (C=O) groups excluding carboxylic acids is 1. The van der Waals surface area contributed by atoms with Gasteiger partial charge in [0.2, 0.25) is 5.91 Å². The molecule has 0 rings (SSSR count). The molecule has 0 aromatic rings. The molecular weight excluding hydrogens is 176 g/mol. The summed E-state index contributed by atoms with van der Waals surface area (Å²) in [5, 5.41) is 3.07. The Morgan fingerprint density at radius 3 is 2.21 bits per heavy atom. The van der Waals surface area contributed by atoms with Crippen LogP contribution in [0, 0.1) is 5.92 Å². The van der Waals surface area contributed by atoms with E-state index >= 15 is 0 Å². The van der Waals surface area contributed by atoms with Gasteiger partial charge in [-0.05, 0) is 26.3 Å². The Bertz CT molecular complexity index is 167. The van der Waals surface area contributed by atoms with Crippen LogP contribution in [0.4, 0.5) is 0 Å². The monoisotopic (exact) mass is 200 g/mol. The highest BCUT2D eigenvalue weighted by Crippen LogP contribution is 2.04. The highest BCUT2D eigenvalue weighted by Gasteiger charge is 2.16. The van der Waals surface area contributed by atoms with Crippen LogP contribution in [-0.4, -0.2) is 36.5 Å². The summed E-state index contributed by atoms with van der Waals surface area (Å²) >= 11 is 0. The molecule has 0 spiro atoms. The lowest BCUT2D eigenvalue weighted by molar-refractivity contribution is -0.132. The number of likely N-dealkylation sites (N-methyl/N-ethyl adjacent to an activating group) is 1.